The van der Waals surface area contributed by atoms with Crippen LogP contribution in [0.1, 0.15) is 65.5 Å². The van der Waals surface area contributed by atoms with E-state index in [2.05, 4.69) is 20.6 Å². The van der Waals surface area contributed by atoms with Crippen molar-refractivity contribution >= 4 is 11.8 Å². The molecule has 26 heavy (non-hydrogen) atoms. The number of fused-ring (bicyclic) bond motifs is 1. The Morgan fingerprint density at radius 3 is 2.88 bits per heavy atom. The number of pyridine rings is 1. The average molecular weight is 355 g/mol. The number of aromatic nitrogens is 3. The molecule has 2 aromatic heterocycles. The SMILES string of the molecule is CCC(C)NC(=O)c1nc(C(=O)NCc2cccnc2)n2c1CCCC2. The predicted molar refractivity (Wildman–Crippen MR) is 97.8 cm³/mol. The summed E-state index contributed by atoms with van der Waals surface area (Å²) in [5, 5.41) is 5.83. The Kier molecular flexibility index (Phi) is 5.65. The third-order valence-corrected chi connectivity index (χ3v) is 4.70. The van der Waals surface area contributed by atoms with Crippen LogP contribution in [0.3, 0.4) is 0 Å². The van der Waals surface area contributed by atoms with Crippen LogP contribution >= 0.6 is 0 Å². The van der Waals surface area contributed by atoms with Crippen LogP contribution in [0.4, 0.5) is 0 Å². The Balaban J connectivity index is 1.80. The van der Waals surface area contributed by atoms with Gasteiger partial charge in [0.1, 0.15) is 5.69 Å². The molecule has 2 amide bonds. The highest BCUT2D eigenvalue weighted by Gasteiger charge is 2.27. The van der Waals surface area contributed by atoms with Gasteiger partial charge >= 0.3 is 0 Å². The van der Waals surface area contributed by atoms with Gasteiger partial charge in [-0.25, -0.2) is 4.98 Å². The molecule has 1 aliphatic rings. The molecule has 1 atom stereocenters. The standard InChI is InChI=1S/C19H25N5O2/c1-3-13(2)22-18(25)16-15-8-4-5-10-24(15)17(23-16)19(26)21-12-14-7-6-9-20-11-14/h6-7,9,11,13H,3-5,8,10,12H2,1-2H3,(H,21,26)(H,22,25). The van der Waals surface area contributed by atoms with Crippen molar-refractivity contribution in [3.05, 3.63) is 47.3 Å². The summed E-state index contributed by atoms with van der Waals surface area (Å²) >= 11 is 0. The minimum Gasteiger partial charge on any atom is -0.348 e. The number of imidazole rings is 1. The van der Waals surface area contributed by atoms with Crippen molar-refractivity contribution < 1.29 is 9.59 Å². The maximum atomic E-state index is 12.7. The second-order valence-corrected chi connectivity index (χ2v) is 6.67. The van der Waals surface area contributed by atoms with E-state index in [1.54, 1.807) is 12.4 Å². The van der Waals surface area contributed by atoms with Crippen LogP contribution in [0, 0.1) is 0 Å². The number of rotatable bonds is 6. The summed E-state index contributed by atoms with van der Waals surface area (Å²) < 4.78 is 1.90. The Morgan fingerprint density at radius 1 is 1.31 bits per heavy atom. The molecule has 0 aromatic carbocycles. The van der Waals surface area contributed by atoms with Gasteiger partial charge in [-0.3, -0.25) is 14.6 Å². The van der Waals surface area contributed by atoms with Gasteiger partial charge in [-0.05, 0) is 44.2 Å². The molecule has 0 fully saturated rings. The lowest BCUT2D eigenvalue weighted by molar-refractivity contribution is 0.0932. The van der Waals surface area contributed by atoms with Crippen LogP contribution in [0.15, 0.2) is 24.5 Å². The quantitative estimate of drug-likeness (QED) is 0.830. The van der Waals surface area contributed by atoms with E-state index in [4.69, 9.17) is 0 Å². The zero-order valence-electron chi connectivity index (χ0n) is 15.3. The highest BCUT2D eigenvalue weighted by molar-refractivity contribution is 5.97. The number of hydrogen-bond acceptors (Lipinski definition) is 4. The first-order valence-electron chi connectivity index (χ1n) is 9.17. The number of nitrogens with zero attached hydrogens (tertiary/aromatic N) is 3. The highest BCUT2D eigenvalue weighted by Crippen LogP contribution is 2.21. The summed E-state index contributed by atoms with van der Waals surface area (Å²) in [6, 6.07) is 3.81. The van der Waals surface area contributed by atoms with Crippen molar-refractivity contribution in [1.82, 2.24) is 25.2 Å². The van der Waals surface area contributed by atoms with Gasteiger partial charge in [0.15, 0.2) is 5.82 Å². The molecule has 1 aliphatic heterocycles. The van der Waals surface area contributed by atoms with Gasteiger partial charge in [-0.1, -0.05) is 13.0 Å². The lowest BCUT2D eigenvalue weighted by atomic mass is 10.1. The van der Waals surface area contributed by atoms with E-state index in [1.165, 1.54) is 0 Å². The first-order chi connectivity index (χ1) is 12.6. The first-order valence-corrected chi connectivity index (χ1v) is 9.17. The Bertz CT molecular complexity index is 785. The summed E-state index contributed by atoms with van der Waals surface area (Å²) in [6.45, 7) is 5.07. The van der Waals surface area contributed by atoms with E-state index in [1.807, 2.05) is 30.5 Å². The topological polar surface area (TPSA) is 88.9 Å². The summed E-state index contributed by atoms with van der Waals surface area (Å²) in [6.07, 6.45) is 7.02. The molecule has 138 valence electrons. The van der Waals surface area contributed by atoms with Crippen molar-refractivity contribution in [1.29, 1.82) is 0 Å². The average Bonchev–Trinajstić information content (AvgIpc) is 3.06. The molecule has 7 nitrogen and oxygen atoms in total. The second kappa shape index (κ2) is 8.12. The van der Waals surface area contributed by atoms with Gasteiger partial charge in [0, 0.05) is 31.5 Å². The minimum atomic E-state index is -0.264. The summed E-state index contributed by atoms with van der Waals surface area (Å²) in [5.74, 6) is -0.145. The van der Waals surface area contributed by atoms with Gasteiger partial charge in [-0.2, -0.15) is 0 Å². The monoisotopic (exact) mass is 355 g/mol. The van der Waals surface area contributed by atoms with E-state index in [0.29, 0.717) is 24.6 Å². The molecule has 0 saturated heterocycles. The molecule has 0 radical (unpaired) electrons. The fourth-order valence-corrected chi connectivity index (χ4v) is 3.06. The number of carbonyl (C=O) groups is 2. The zero-order chi connectivity index (χ0) is 18.5. The van der Waals surface area contributed by atoms with Gasteiger partial charge in [0.2, 0.25) is 0 Å². The molecule has 0 spiro atoms. The molecule has 0 aliphatic carbocycles. The van der Waals surface area contributed by atoms with Crippen LogP contribution in [-0.4, -0.2) is 32.4 Å². The first kappa shape index (κ1) is 18.1. The summed E-state index contributed by atoms with van der Waals surface area (Å²) in [5.41, 5.74) is 2.17. The summed E-state index contributed by atoms with van der Waals surface area (Å²) in [7, 11) is 0. The Hall–Kier alpha value is -2.70. The molecule has 0 bridgehead atoms. The van der Waals surface area contributed by atoms with Crippen LogP contribution in [0.25, 0.3) is 0 Å². The van der Waals surface area contributed by atoms with Crippen molar-refractivity contribution in [3.8, 4) is 0 Å². The molecule has 3 rings (SSSR count). The van der Waals surface area contributed by atoms with Gasteiger partial charge in [0.05, 0.1) is 5.69 Å². The molecular weight excluding hydrogens is 330 g/mol. The Morgan fingerprint density at radius 2 is 2.15 bits per heavy atom. The highest BCUT2D eigenvalue weighted by atomic mass is 16.2. The number of carbonyl (C=O) groups excluding carboxylic acids is 2. The minimum absolute atomic E-state index is 0.0753. The van der Waals surface area contributed by atoms with Crippen molar-refractivity contribution in [2.75, 3.05) is 0 Å². The van der Waals surface area contributed by atoms with Crippen LogP contribution < -0.4 is 10.6 Å². The molecule has 3 heterocycles. The number of nitrogens with one attached hydrogen (secondary N) is 2. The van der Waals surface area contributed by atoms with Gasteiger partial charge in [-0.15, -0.1) is 0 Å². The molecule has 0 saturated carbocycles. The largest absolute Gasteiger partial charge is 0.348 e. The third-order valence-electron chi connectivity index (χ3n) is 4.70. The van der Waals surface area contributed by atoms with Crippen molar-refractivity contribution in [3.63, 3.8) is 0 Å². The normalized spacial score (nSPS) is 14.4. The van der Waals surface area contributed by atoms with Crippen LogP contribution in [0.5, 0.6) is 0 Å². The molecule has 2 N–H and O–H groups in total. The fourth-order valence-electron chi connectivity index (χ4n) is 3.06. The lowest BCUT2D eigenvalue weighted by Gasteiger charge is -2.17. The van der Waals surface area contributed by atoms with E-state index in [0.717, 1.165) is 36.9 Å². The summed E-state index contributed by atoms with van der Waals surface area (Å²) in [4.78, 5) is 33.7. The maximum absolute atomic E-state index is 12.7. The fraction of sp³-hybridized carbons (Fsp3) is 0.474. The maximum Gasteiger partial charge on any atom is 0.287 e. The third kappa shape index (κ3) is 3.92. The lowest BCUT2D eigenvalue weighted by Crippen LogP contribution is -2.33. The molecule has 2 aromatic rings. The smallest absolute Gasteiger partial charge is 0.287 e. The van der Waals surface area contributed by atoms with E-state index in [-0.39, 0.29) is 17.9 Å². The van der Waals surface area contributed by atoms with Crippen LogP contribution in [-0.2, 0) is 19.5 Å². The zero-order valence-corrected chi connectivity index (χ0v) is 15.3. The van der Waals surface area contributed by atoms with Crippen LogP contribution in [0.2, 0.25) is 0 Å². The molecule has 7 heteroatoms. The molecular formula is C19H25N5O2. The van der Waals surface area contributed by atoms with E-state index >= 15 is 0 Å². The predicted octanol–water partition coefficient (Wildman–Crippen LogP) is 2.07. The van der Waals surface area contributed by atoms with Gasteiger partial charge in [0.25, 0.3) is 11.8 Å². The number of amides is 2. The number of hydrogen-bond donors (Lipinski definition) is 2. The van der Waals surface area contributed by atoms with E-state index in [9.17, 15) is 9.59 Å². The van der Waals surface area contributed by atoms with Gasteiger partial charge < -0.3 is 15.2 Å². The Labute approximate surface area is 153 Å². The van der Waals surface area contributed by atoms with Crippen molar-refractivity contribution in [2.45, 2.75) is 58.7 Å². The van der Waals surface area contributed by atoms with E-state index < -0.39 is 0 Å². The molecule has 1 unspecified atom stereocenters. The van der Waals surface area contributed by atoms with Crippen molar-refractivity contribution in [2.24, 2.45) is 0 Å². The second-order valence-electron chi connectivity index (χ2n) is 6.67.